The van der Waals surface area contributed by atoms with Crippen molar-refractivity contribution >= 4 is 35.7 Å². The summed E-state index contributed by atoms with van der Waals surface area (Å²) in [5, 5.41) is 0. The van der Waals surface area contributed by atoms with E-state index in [1.165, 1.54) is 12.2 Å². The van der Waals surface area contributed by atoms with E-state index in [-0.39, 0.29) is 0 Å². The molecule has 0 radical (unpaired) electrons. The molecule has 74 valence electrons. The molecule has 1 rings (SSSR count). The Hall–Kier alpha value is -0.800. The van der Waals surface area contributed by atoms with Crippen molar-refractivity contribution in [3.05, 3.63) is 9.81 Å². The maximum absolute atomic E-state index is 9.95. The summed E-state index contributed by atoms with van der Waals surface area (Å²) in [6, 6.07) is 0. The van der Waals surface area contributed by atoms with E-state index in [1.807, 2.05) is 0 Å². The van der Waals surface area contributed by atoms with Gasteiger partial charge in [0.05, 0.1) is 17.7 Å². The van der Waals surface area contributed by atoms with Gasteiger partial charge >= 0.3 is 0 Å². The largest absolute Gasteiger partial charge is 0.235 e. The van der Waals surface area contributed by atoms with Gasteiger partial charge in [-0.05, 0) is 6.92 Å². The highest BCUT2D eigenvalue weighted by atomic mass is 32.2. The zero-order chi connectivity index (χ0) is 10.4. The molecule has 0 saturated heterocycles. The van der Waals surface area contributed by atoms with Gasteiger partial charge in [-0.25, -0.2) is 19.6 Å². The van der Waals surface area contributed by atoms with Crippen molar-refractivity contribution in [1.82, 2.24) is 0 Å². The second kappa shape index (κ2) is 5.83. The molecule has 1 aliphatic heterocycles. The highest BCUT2D eigenvalue weighted by Crippen LogP contribution is 2.45. The first-order valence-electron chi connectivity index (χ1n) is 3.90. The molecule has 0 amide bonds. The molecular weight excluding hydrogens is 220 g/mol. The number of rotatable bonds is 4. The molecule has 0 spiro atoms. The highest BCUT2D eigenvalue weighted by molar-refractivity contribution is 8.23. The Balaban J connectivity index is 2.71. The minimum absolute atomic E-state index is 0.342. The number of thioether (sulfide) groups is 2. The normalized spacial score (nSPS) is 20.2. The van der Waals surface area contributed by atoms with E-state index >= 15 is 0 Å². The van der Waals surface area contributed by atoms with Crippen LogP contribution in [0, 0.1) is 0 Å². The monoisotopic (exact) mass is 228 g/mol. The molecule has 14 heavy (non-hydrogen) atoms. The van der Waals surface area contributed by atoms with Crippen LogP contribution in [0.15, 0.2) is 19.8 Å². The lowest BCUT2D eigenvalue weighted by atomic mass is 10.5. The molecular formula is C8H8N2O2S2. The molecule has 0 aromatic carbocycles. The fourth-order valence-corrected chi connectivity index (χ4v) is 3.66. The Bertz CT molecular complexity index is 309. The third-order valence-electron chi connectivity index (χ3n) is 1.50. The highest BCUT2D eigenvalue weighted by Gasteiger charge is 2.21. The zero-order valence-corrected chi connectivity index (χ0v) is 9.15. The summed E-state index contributed by atoms with van der Waals surface area (Å²) in [7, 11) is 0. The lowest BCUT2D eigenvalue weighted by Gasteiger charge is -1.96. The predicted molar refractivity (Wildman–Crippen MR) is 57.6 cm³/mol. The quantitative estimate of drug-likeness (QED) is 0.542. The topological polar surface area (TPSA) is 58.9 Å². The summed E-state index contributed by atoms with van der Waals surface area (Å²) in [6.07, 6.45) is 2.99. The van der Waals surface area contributed by atoms with Gasteiger partial charge in [0.15, 0.2) is 0 Å². The first kappa shape index (κ1) is 11.3. The Kier molecular flexibility index (Phi) is 4.70. The molecule has 0 bridgehead atoms. The SMILES string of the molecule is CC1SC(CN=C=O)=C(CN=C=O)S1. The molecule has 0 aliphatic carbocycles. The maximum Gasteiger partial charge on any atom is 0.235 e. The van der Waals surface area contributed by atoms with E-state index < -0.39 is 0 Å². The molecule has 0 atom stereocenters. The average Bonchev–Trinajstić information content (AvgIpc) is 2.52. The minimum atomic E-state index is 0.342. The summed E-state index contributed by atoms with van der Waals surface area (Å²) < 4.78 is 0.392. The Morgan fingerprint density at radius 3 is 1.93 bits per heavy atom. The van der Waals surface area contributed by atoms with Crippen molar-refractivity contribution in [3.8, 4) is 0 Å². The number of hydrogen-bond donors (Lipinski definition) is 0. The molecule has 1 heterocycles. The predicted octanol–water partition coefficient (Wildman–Crippen LogP) is 1.70. The van der Waals surface area contributed by atoms with Crippen LogP contribution in [-0.4, -0.2) is 29.8 Å². The Labute approximate surface area is 90.0 Å². The van der Waals surface area contributed by atoms with Crippen LogP contribution in [0.3, 0.4) is 0 Å². The van der Waals surface area contributed by atoms with Gasteiger partial charge in [-0.2, -0.15) is 0 Å². The summed E-state index contributed by atoms with van der Waals surface area (Å²) in [4.78, 5) is 28.9. The number of isocyanates is 2. The first-order chi connectivity index (χ1) is 6.77. The van der Waals surface area contributed by atoms with Crippen molar-refractivity contribution in [2.75, 3.05) is 13.1 Å². The molecule has 0 saturated carbocycles. The molecule has 0 fully saturated rings. The molecule has 0 aromatic rings. The van der Waals surface area contributed by atoms with E-state index in [4.69, 9.17) is 0 Å². The average molecular weight is 228 g/mol. The number of hydrogen-bond acceptors (Lipinski definition) is 6. The van der Waals surface area contributed by atoms with Crippen LogP contribution in [0.1, 0.15) is 6.92 Å². The van der Waals surface area contributed by atoms with E-state index in [9.17, 15) is 9.59 Å². The van der Waals surface area contributed by atoms with Crippen LogP contribution in [0.25, 0.3) is 0 Å². The van der Waals surface area contributed by atoms with Gasteiger partial charge in [0.2, 0.25) is 12.2 Å². The van der Waals surface area contributed by atoms with Crippen LogP contribution < -0.4 is 0 Å². The number of nitrogens with zero attached hydrogens (tertiary/aromatic N) is 2. The molecule has 4 nitrogen and oxygen atoms in total. The summed E-state index contributed by atoms with van der Waals surface area (Å²) in [5.74, 6) is 0. The number of carbonyl (C=O) groups excluding carboxylic acids is 2. The van der Waals surface area contributed by atoms with E-state index in [1.54, 1.807) is 23.5 Å². The van der Waals surface area contributed by atoms with Crippen LogP contribution >= 0.6 is 23.5 Å². The molecule has 0 unspecified atom stereocenters. The van der Waals surface area contributed by atoms with Gasteiger partial charge in [-0.3, -0.25) is 0 Å². The fourth-order valence-electron chi connectivity index (χ4n) is 1.02. The standard InChI is InChI=1S/C8H8N2O2S2/c1-6-13-7(2-9-4-11)8(14-6)3-10-5-12/h6H,2-3H2,1H3. The number of aliphatic imine (C=N–C) groups is 2. The minimum Gasteiger partial charge on any atom is -0.211 e. The van der Waals surface area contributed by atoms with Gasteiger partial charge in [0.25, 0.3) is 0 Å². The van der Waals surface area contributed by atoms with Crippen molar-refractivity contribution in [2.24, 2.45) is 9.98 Å². The van der Waals surface area contributed by atoms with Crippen LogP contribution in [0.5, 0.6) is 0 Å². The fraction of sp³-hybridized carbons (Fsp3) is 0.500. The van der Waals surface area contributed by atoms with Gasteiger partial charge < -0.3 is 0 Å². The van der Waals surface area contributed by atoms with Gasteiger partial charge in [0.1, 0.15) is 0 Å². The third-order valence-corrected chi connectivity index (χ3v) is 4.19. The Morgan fingerprint density at radius 2 is 1.57 bits per heavy atom. The van der Waals surface area contributed by atoms with Crippen LogP contribution in [0.2, 0.25) is 0 Å². The summed E-state index contributed by atoms with van der Waals surface area (Å²) >= 11 is 3.29. The van der Waals surface area contributed by atoms with E-state index in [2.05, 4.69) is 16.9 Å². The molecule has 0 N–H and O–H groups in total. The van der Waals surface area contributed by atoms with Gasteiger partial charge in [0, 0.05) is 9.81 Å². The zero-order valence-electron chi connectivity index (χ0n) is 7.52. The second-order valence-corrected chi connectivity index (χ2v) is 5.63. The first-order valence-corrected chi connectivity index (χ1v) is 5.66. The van der Waals surface area contributed by atoms with E-state index in [0.717, 1.165) is 9.81 Å². The van der Waals surface area contributed by atoms with Crippen LogP contribution in [0.4, 0.5) is 0 Å². The summed E-state index contributed by atoms with van der Waals surface area (Å²) in [5.41, 5.74) is 0. The smallest absolute Gasteiger partial charge is 0.211 e. The second-order valence-electron chi connectivity index (χ2n) is 2.46. The molecule has 6 heteroatoms. The third kappa shape index (κ3) is 3.16. The van der Waals surface area contributed by atoms with Crippen molar-refractivity contribution in [3.63, 3.8) is 0 Å². The van der Waals surface area contributed by atoms with Crippen molar-refractivity contribution < 1.29 is 9.59 Å². The van der Waals surface area contributed by atoms with Gasteiger partial charge in [-0.15, -0.1) is 23.5 Å². The molecule has 0 aromatic heterocycles. The van der Waals surface area contributed by atoms with E-state index in [0.29, 0.717) is 17.7 Å². The lowest BCUT2D eigenvalue weighted by Crippen LogP contribution is -1.88. The molecule has 1 aliphatic rings. The Morgan fingerprint density at radius 1 is 1.14 bits per heavy atom. The van der Waals surface area contributed by atoms with Crippen molar-refractivity contribution in [2.45, 2.75) is 11.5 Å². The van der Waals surface area contributed by atoms with Crippen molar-refractivity contribution in [1.29, 1.82) is 0 Å². The van der Waals surface area contributed by atoms with Gasteiger partial charge in [-0.1, -0.05) is 0 Å². The lowest BCUT2D eigenvalue weighted by molar-refractivity contribution is 0.563. The summed E-state index contributed by atoms with van der Waals surface area (Å²) in [6.45, 7) is 2.74. The van der Waals surface area contributed by atoms with Crippen LogP contribution in [-0.2, 0) is 9.59 Å². The maximum atomic E-state index is 9.95.